The summed E-state index contributed by atoms with van der Waals surface area (Å²) < 4.78 is 13.9. The number of rotatable bonds is 2. The Balaban J connectivity index is 2.33. The Kier molecular flexibility index (Phi) is 3.67. The summed E-state index contributed by atoms with van der Waals surface area (Å²) in [7, 11) is 0. The number of hydrogen-bond acceptors (Lipinski definition) is 3. The number of nitriles is 1. The number of halogens is 1. The van der Waals surface area contributed by atoms with Crippen LogP contribution in [0, 0.1) is 24.1 Å². The van der Waals surface area contributed by atoms with Crippen LogP contribution in [-0.2, 0) is 0 Å². The Hall–Kier alpha value is -2.87. The molecule has 0 aliphatic carbocycles. The molecule has 0 bridgehead atoms. The van der Waals surface area contributed by atoms with E-state index in [1.165, 1.54) is 18.2 Å². The van der Waals surface area contributed by atoms with Crippen molar-refractivity contribution in [1.29, 1.82) is 5.26 Å². The lowest BCUT2D eigenvalue weighted by atomic mass is 10.1. The van der Waals surface area contributed by atoms with Crippen LogP contribution in [0.3, 0.4) is 0 Å². The first kappa shape index (κ1) is 13.6. The zero-order chi connectivity index (χ0) is 14.7. The summed E-state index contributed by atoms with van der Waals surface area (Å²) in [6.45, 7) is 1.58. The van der Waals surface area contributed by atoms with E-state index in [1.807, 2.05) is 6.07 Å². The minimum atomic E-state index is -0.604. The Morgan fingerprint density at radius 2 is 2.10 bits per heavy atom. The van der Waals surface area contributed by atoms with Gasteiger partial charge >= 0.3 is 0 Å². The molecule has 5 heteroatoms. The molecule has 2 rings (SSSR count). The summed E-state index contributed by atoms with van der Waals surface area (Å²) in [6, 6.07) is 11.0. The molecule has 0 aliphatic heterocycles. The number of hydrogen-bond donors (Lipinski definition) is 2. The maximum Gasteiger partial charge on any atom is 0.258 e. The molecule has 4 nitrogen and oxygen atoms in total. The third kappa shape index (κ3) is 2.59. The molecule has 20 heavy (non-hydrogen) atoms. The molecule has 0 spiro atoms. The number of nitrogen functional groups attached to an aromatic ring is 1. The van der Waals surface area contributed by atoms with Crippen molar-refractivity contribution in [2.75, 3.05) is 11.1 Å². The molecule has 3 N–H and O–H groups in total. The number of amides is 1. The van der Waals surface area contributed by atoms with Crippen LogP contribution < -0.4 is 11.1 Å². The van der Waals surface area contributed by atoms with E-state index >= 15 is 0 Å². The summed E-state index contributed by atoms with van der Waals surface area (Å²) >= 11 is 0. The van der Waals surface area contributed by atoms with Crippen molar-refractivity contribution in [3.05, 3.63) is 58.9 Å². The monoisotopic (exact) mass is 269 g/mol. The van der Waals surface area contributed by atoms with Crippen LogP contribution >= 0.6 is 0 Å². The molecule has 0 atom stereocenters. The van der Waals surface area contributed by atoms with Gasteiger partial charge in [0.2, 0.25) is 0 Å². The van der Waals surface area contributed by atoms with E-state index in [0.29, 0.717) is 16.9 Å². The number of nitrogens with two attached hydrogens (primary N) is 1. The predicted octanol–water partition coefficient (Wildman–Crippen LogP) is 2.84. The molecule has 0 saturated carbocycles. The molecular formula is C15H12FN3O. The number of nitrogens with zero attached hydrogens (tertiary/aromatic N) is 1. The van der Waals surface area contributed by atoms with Gasteiger partial charge in [0.1, 0.15) is 11.9 Å². The van der Waals surface area contributed by atoms with Crippen molar-refractivity contribution < 1.29 is 9.18 Å². The smallest absolute Gasteiger partial charge is 0.258 e. The van der Waals surface area contributed by atoms with E-state index in [0.717, 1.165) is 0 Å². The topological polar surface area (TPSA) is 78.9 Å². The highest BCUT2D eigenvalue weighted by Gasteiger charge is 2.14. The molecule has 1 amide bonds. The number of anilines is 2. The summed E-state index contributed by atoms with van der Waals surface area (Å²) in [5, 5.41) is 11.5. The zero-order valence-corrected chi connectivity index (χ0v) is 10.8. The van der Waals surface area contributed by atoms with Crippen molar-refractivity contribution in [3.63, 3.8) is 0 Å². The first-order chi connectivity index (χ1) is 9.52. The summed E-state index contributed by atoms with van der Waals surface area (Å²) in [5.74, 6) is -1.17. The highest BCUT2D eigenvalue weighted by Crippen LogP contribution is 2.20. The van der Waals surface area contributed by atoms with Gasteiger partial charge in [0, 0.05) is 5.69 Å². The molecule has 2 aromatic carbocycles. The number of carbonyl (C=O) groups excluding carboxylic acids is 1. The van der Waals surface area contributed by atoms with Gasteiger partial charge in [-0.15, -0.1) is 0 Å². The highest BCUT2D eigenvalue weighted by molar-refractivity contribution is 6.05. The maximum absolute atomic E-state index is 13.9. The fourth-order valence-electron chi connectivity index (χ4n) is 1.78. The quantitative estimate of drug-likeness (QED) is 0.823. The Labute approximate surface area is 115 Å². The second-order valence-corrected chi connectivity index (χ2v) is 4.31. The molecule has 0 aromatic heterocycles. The first-order valence-corrected chi connectivity index (χ1v) is 5.89. The van der Waals surface area contributed by atoms with Crippen LogP contribution in [0.1, 0.15) is 21.5 Å². The lowest BCUT2D eigenvalue weighted by Gasteiger charge is -2.09. The maximum atomic E-state index is 13.9. The number of carbonyl (C=O) groups is 1. The third-order valence-corrected chi connectivity index (χ3v) is 2.85. The van der Waals surface area contributed by atoms with Crippen molar-refractivity contribution in [2.45, 2.75) is 6.92 Å². The van der Waals surface area contributed by atoms with Gasteiger partial charge in [0.15, 0.2) is 0 Å². The van der Waals surface area contributed by atoms with Crippen LogP contribution in [0.15, 0.2) is 36.4 Å². The van der Waals surface area contributed by atoms with Gasteiger partial charge in [-0.05, 0) is 36.8 Å². The normalized spacial score (nSPS) is 9.85. The van der Waals surface area contributed by atoms with Gasteiger partial charge in [0.25, 0.3) is 5.91 Å². The molecule has 0 saturated heterocycles. The number of nitrogens with one attached hydrogen (secondary N) is 1. The minimum Gasteiger partial charge on any atom is -0.399 e. The largest absolute Gasteiger partial charge is 0.399 e. The van der Waals surface area contributed by atoms with Crippen LogP contribution in [0.4, 0.5) is 15.8 Å². The Morgan fingerprint density at radius 3 is 2.80 bits per heavy atom. The molecule has 0 heterocycles. The van der Waals surface area contributed by atoms with E-state index in [9.17, 15) is 9.18 Å². The lowest BCUT2D eigenvalue weighted by Crippen LogP contribution is -2.15. The molecule has 0 fully saturated rings. The molecule has 2 aromatic rings. The molecule has 0 radical (unpaired) electrons. The van der Waals surface area contributed by atoms with Gasteiger partial charge in [-0.3, -0.25) is 4.79 Å². The standard InChI is InChI=1S/C15H12FN3O/c1-9-3-2-4-12(14(9)16)15(20)19-13-6-5-11(18)7-10(13)8-17/h2-7H,18H2,1H3,(H,19,20). The van der Waals surface area contributed by atoms with Gasteiger partial charge in [-0.1, -0.05) is 12.1 Å². The highest BCUT2D eigenvalue weighted by atomic mass is 19.1. The van der Waals surface area contributed by atoms with Gasteiger partial charge in [-0.2, -0.15) is 5.26 Å². The third-order valence-electron chi connectivity index (χ3n) is 2.85. The Morgan fingerprint density at radius 1 is 1.35 bits per heavy atom. The van der Waals surface area contributed by atoms with E-state index < -0.39 is 11.7 Å². The van der Waals surface area contributed by atoms with Crippen molar-refractivity contribution >= 4 is 17.3 Å². The average molecular weight is 269 g/mol. The second-order valence-electron chi connectivity index (χ2n) is 4.31. The summed E-state index contributed by atoms with van der Waals surface area (Å²) in [5.41, 5.74) is 6.83. The molecule has 0 aliphatic rings. The average Bonchev–Trinajstić information content (AvgIpc) is 2.43. The van der Waals surface area contributed by atoms with Crippen LogP contribution in [0.5, 0.6) is 0 Å². The minimum absolute atomic E-state index is 0.0642. The summed E-state index contributed by atoms with van der Waals surface area (Å²) in [6.07, 6.45) is 0. The van der Waals surface area contributed by atoms with Crippen molar-refractivity contribution in [3.8, 4) is 6.07 Å². The van der Waals surface area contributed by atoms with Crippen molar-refractivity contribution in [2.24, 2.45) is 0 Å². The Bertz CT molecular complexity index is 720. The fourth-order valence-corrected chi connectivity index (χ4v) is 1.78. The summed E-state index contributed by atoms with van der Waals surface area (Å²) in [4.78, 5) is 12.0. The zero-order valence-electron chi connectivity index (χ0n) is 10.8. The SMILES string of the molecule is Cc1cccc(C(=O)Nc2ccc(N)cc2C#N)c1F. The van der Waals surface area contributed by atoms with Crippen LogP contribution in [-0.4, -0.2) is 5.91 Å². The lowest BCUT2D eigenvalue weighted by molar-refractivity contribution is 0.102. The molecule has 100 valence electrons. The van der Waals surface area contributed by atoms with E-state index in [-0.39, 0.29) is 11.1 Å². The van der Waals surface area contributed by atoms with E-state index in [4.69, 9.17) is 11.0 Å². The number of aryl methyl sites for hydroxylation is 1. The molecule has 0 unspecified atom stereocenters. The fraction of sp³-hybridized carbons (Fsp3) is 0.0667. The van der Waals surface area contributed by atoms with Gasteiger partial charge < -0.3 is 11.1 Å². The predicted molar refractivity (Wildman–Crippen MR) is 74.7 cm³/mol. The first-order valence-electron chi connectivity index (χ1n) is 5.89. The van der Waals surface area contributed by atoms with Crippen molar-refractivity contribution in [1.82, 2.24) is 0 Å². The van der Waals surface area contributed by atoms with Crippen LogP contribution in [0.25, 0.3) is 0 Å². The van der Waals surface area contributed by atoms with Gasteiger partial charge in [-0.25, -0.2) is 4.39 Å². The van der Waals surface area contributed by atoms with E-state index in [1.54, 1.807) is 25.1 Å². The van der Waals surface area contributed by atoms with E-state index in [2.05, 4.69) is 5.32 Å². The number of benzene rings is 2. The van der Waals surface area contributed by atoms with Gasteiger partial charge in [0.05, 0.1) is 16.8 Å². The van der Waals surface area contributed by atoms with Crippen LogP contribution in [0.2, 0.25) is 0 Å². The molecular weight excluding hydrogens is 257 g/mol. The second kappa shape index (κ2) is 5.41.